The zero-order valence-electron chi connectivity index (χ0n) is 18.3. The summed E-state index contributed by atoms with van der Waals surface area (Å²) >= 11 is 0. The Morgan fingerprint density at radius 2 is 1.87 bits per heavy atom. The fraction of sp³-hybridized carbons (Fsp3) is 0.417. The molecular weight excluding hydrogens is 372 g/mol. The van der Waals surface area contributed by atoms with Crippen LogP contribution in [0, 0.1) is 13.8 Å². The number of anilines is 1. The van der Waals surface area contributed by atoms with Gasteiger partial charge in [0.05, 0.1) is 16.7 Å². The molecule has 0 unspecified atom stereocenters. The van der Waals surface area contributed by atoms with Gasteiger partial charge < -0.3 is 14.8 Å². The van der Waals surface area contributed by atoms with Gasteiger partial charge in [-0.05, 0) is 58.4 Å². The minimum atomic E-state index is 0.452. The summed E-state index contributed by atoms with van der Waals surface area (Å²) in [5.41, 5.74) is 6.94. The fourth-order valence-electron chi connectivity index (χ4n) is 4.76. The highest BCUT2D eigenvalue weighted by Gasteiger charge is 2.24. The zero-order valence-corrected chi connectivity index (χ0v) is 18.3. The van der Waals surface area contributed by atoms with Crippen molar-refractivity contribution in [2.75, 3.05) is 18.9 Å². The number of fused-ring (bicyclic) bond motifs is 3. The van der Waals surface area contributed by atoms with Crippen LogP contribution < -0.4 is 5.32 Å². The molecule has 6 heteroatoms. The van der Waals surface area contributed by atoms with Gasteiger partial charge in [0.1, 0.15) is 5.82 Å². The second-order valence-electron chi connectivity index (χ2n) is 8.79. The average Bonchev–Trinajstić information content (AvgIpc) is 3.26. The largest absolute Gasteiger partial charge is 0.379 e. The Labute approximate surface area is 177 Å². The van der Waals surface area contributed by atoms with E-state index in [-0.39, 0.29) is 0 Å². The van der Waals surface area contributed by atoms with Crippen LogP contribution in [0.1, 0.15) is 36.8 Å². The van der Waals surface area contributed by atoms with E-state index >= 15 is 0 Å². The number of benzene rings is 1. The van der Waals surface area contributed by atoms with Crippen molar-refractivity contribution in [1.82, 2.24) is 24.1 Å². The van der Waals surface area contributed by atoms with E-state index in [4.69, 9.17) is 0 Å². The summed E-state index contributed by atoms with van der Waals surface area (Å²) in [4.78, 5) is 2.44. The van der Waals surface area contributed by atoms with E-state index in [1.807, 2.05) is 6.92 Å². The van der Waals surface area contributed by atoms with Crippen LogP contribution in [0.4, 0.5) is 5.69 Å². The number of nitrogens with one attached hydrogen (secondary N) is 1. The van der Waals surface area contributed by atoms with E-state index in [0.29, 0.717) is 12.1 Å². The van der Waals surface area contributed by atoms with E-state index < -0.39 is 0 Å². The molecule has 0 amide bonds. The van der Waals surface area contributed by atoms with Gasteiger partial charge in [0.2, 0.25) is 0 Å². The van der Waals surface area contributed by atoms with Crippen molar-refractivity contribution in [3.8, 4) is 0 Å². The first-order valence-corrected chi connectivity index (χ1v) is 10.9. The second kappa shape index (κ2) is 7.43. The highest BCUT2D eigenvalue weighted by atomic mass is 15.3. The summed E-state index contributed by atoms with van der Waals surface area (Å²) in [6, 6.07) is 16.2. The van der Waals surface area contributed by atoms with Gasteiger partial charge in [0.15, 0.2) is 5.65 Å². The number of piperidine rings is 1. The Bertz CT molecular complexity index is 1190. The molecular formula is C24H30N6. The van der Waals surface area contributed by atoms with Crippen LogP contribution in [0.15, 0.2) is 42.5 Å². The molecule has 0 saturated carbocycles. The van der Waals surface area contributed by atoms with E-state index in [0.717, 1.165) is 43.1 Å². The van der Waals surface area contributed by atoms with Crippen molar-refractivity contribution < 1.29 is 0 Å². The third-order valence-corrected chi connectivity index (χ3v) is 6.66. The Hall–Kier alpha value is -2.86. The van der Waals surface area contributed by atoms with Crippen LogP contribution in [-0.2, 0) is 6.54 Å². The van der Waals surface area contributed by atoms with E-state index in [1.165, 1.54) is 22.3 Å². The van der Waals surface area contributed by atoms with Crippen molar-refractivity contribution >= 4 is 22.4 Å². The molecule has 4 aromatic rings. The molecule has 0 aliphatic carbocycles. The molecule has 5 rings (SSSR count). The number of likely N-dealkylation sites (tertiary alicyclic amines) is 1. The van der Waals surface area contributed by atoms with E-state index in [1.54, 1.807) is 0 Å². The number of hydrogen-bond donors (Lipinski definition) is 1. The van der Waals surface area contributed by atoms with Crippen LogP contribution >= 0.6 is 0 Å². The third kappa shape index (κ3) is 3.25. The van der Waals surface area contributed by atoms with Crippen molar-refractivity contribution in [2.45, 2.75) is 52.2 Å². The number of hydrogen-bond acceptors (Lipinski definition) is 4. The smallest absolute Gasteiger partial charge is 0.184 e. The van der Waals surface area contributed by atoms with Gasteiger partial charge in [-0.15, -0.1) is 10.2 Å². The van der Waals surface area contributed by atoms with Gasteiger partial charge in [-0.2, -0.15) is 0 Å². The minimum absolute atomic E-state index is 0.452. The summed E-state index contributed by atoms with van der Waals surface area (Å²) < 4.78 is 4.59. The first kappa shape index (κ1) is 19.1. The number of aryl methyl sites for hydroxylation is 2. The van der Waals surface area contributed by atoms with Gasteiger partial charge in [-0.3, -0.25) is 4.40 Å². The van der Waals surface area contributed by atoms with Crippen molar-refractivity contribution in [3.05, 3.63) is 59.5 Å². The molecule has 2 atom stereocenters. The van der Waals surface area contributed by atoms with Crippen LogP contribution in [0.3, 0.4) is 0 Å². The lowest BCUT2D eigenvalue weighted by atomic mass is 9.99. The van der Waals surface area contributed by atoms with Crippen LogP contribution in [0.2, 0.25) is 0 Å². The summed E-state index contributed by atoms with van der Waals surface area (Å²) in [5, 5.41) is 12.7. The molecule has 156 valence electrons. The van der Waals surface area contributed by atoms with Crippen molar-refractivity contribution in [3.63, 3.8) is 0 Å². The maximum atomic E-state index is 4.52. The quantitative estimate of drug-likeness (QED) is 0.555. The normalized spacial score (nSPS) is 20.3. The Morgan fingerprint density at radius 3 is 2.63 bits per heavy atom. The van der Waals surface area contributed by atoms with Crippen LogP contribution in [0.5, 0.6) is 0 Å². The maximum Gasteiger partial charge on any atom is 0.184 e. The number of pyridine rings is 1. The molecule has 0 spiro atoms. The third-order valence-electron chi connectivity index (χ3n) is 6.66. The topological polar surface area (TPSA) is 50.4 Å². The van der Waals surface area contributed by atoms with Gasteiger partial charge in [0.25, 0.3) is 0 Å². The Kier molecular flexibility index (Phi) is 4.74. The molecule has 1 aliphatic heterocycles. The highest BCUT2D eigenvalue weighted by Crippen LogP contribution is 2.30. The first-order valence-electron chi connectivity index (χ1n) is 10.9. The SMILES string of the molecule is Cc1cc2c(cc(N[C@@H]3CCN(C)[C@H](C)C3)c3nnc(C)n32)n1Cc1ccccc1. The van der Waals surface area contributed by atoms with Crippen LogP contribution in [-0.4, -0.2) is 49.7 Å². The second-order valence-corrected chi connectivity index (χ2v) is 8.79. The lowest BCUT2D eigenvalue weighted by Gasteiger charge is -2.35. The predicted octanol–water partition coefficient (Wildman–Crippen LogP) is 4.24. The fourth-order valence-corrected chi connectivity index (χ4v) is 4.76. The standard InChI is InChI=1S/C24H30N6/c1-16-12-20(10-11-28(16)4)25-21-14-22-23(30-18(3)26-27-24(21)30)13-17(2)29(22)15-19-8-6-5-7-9-19/h5-9,13-14,16,20,25H,10-12,15H2,1-4H3/t16-,20-/m1/s1. The molecule has 1 N–H and O–H groups in total. The lowest BCUT2D eigenvalue weighted by molar-refractivity contribution is 0.190. The minimum Gasteiger partial charge on any atom is -0.379 e. The zero-order chi connectivity index (χ0) is 20.8. The number of nitrogens with zero attached hydrogens (tertiary/aromatic N) is 5. The predicted molar refractivity (Wildman–Crippen MR) is 122 cm³/mol. The molecule has 1 fully saturated rings. The highest BCUT2D eigenvalue weighted by molar-refractivity contribution is 5.88. The summed E-state index contributed by atoms with van der Waals surface area (Å²) in [5.74, 6) is 0.923. The Balaban J connectivity index is 1.60. The molecule has 4 heterocycles. The van der Waals surface area contributed by atoms with Crippen LogP contribution in [0.25, 0.3) is 16.7 Å². The number of aromatic nitrogens is 4. The van der Waals surface area contributed by atoms with Gasteiger partial charge in [0, 0.05) is 30.9 Å². The van der Waals surface area contributed by atoms with E-state index in [9.17, 15) is 0 Å². The number of rotatable bonds is 4. The molecule has 1 saturated heterocycles. The monoisotopic (exact) mass is 402 g/mol. The maximum absolute atomic E-state index is 4.52. The Morgan fingerprint density at radius 1 is 1.07 bits per heavy atom. The van der Waals surface area contributed by atoms with Gasteiger partial charge in [-0.1, -0.05) is 30.3 Å². The average molecular weight is 403 g/mol. The summed E-state index contributed by atoms with van der Waals surface area (Å²) in [6.07, 6.45) is 2.28. The van der Waals surface area contributed by atoms with E-state index in [2.05, 4.69) is 92.7 Å². The summed E-state index contributed by atoms with van der Waals surface area (Å²) in [7, 11) is 2.21. The van der Waals surface area contributed by atoms with Gasteiger partial charge >= 0.3 is 0 Å². The molecule has 30 heavy (non-hydrogen) atoms. The molecule has 3 aromatic heterocycles. The van der Waals surface area contributed by atoms with Crippen molar-refractivity contribution in [2.24, 2.45) is 0 Å². The molecule has 1 aromatic carbocycles. The molecule has 0 radical (unpaired) electrons. The van der Waals surface area contributed by atoms with Crippen molar-refractivity contribution in [1.29, 1.82) is 0 Å². The first-order chi connectivity index (χ1) is 14.5. The summed E-state index contributed by atoms with van der Waals surface area (Å²) in [6.45, 7) is 8.49. The van der Waals surface area contributed by atoms with Gasteiger partial charge in [-0.25, -0.2) is 0 Å². The molecule has 1 aliphatic rings. The molecule has 6 nitrogen and oxygen atoms in total. The lowest BCUT2D eigenvalue weighted by Crippen LogP contribution is -2.42. The molecule has 0 bridgehead atoms.